The fourth-order valence-corrected chi connectivity index (χ4v) is 1.22. The second-order valence-corrected chi connectivity index (χ2v) is 3.25. The Morgan fingerprint density at radius 3 is 2.75 bits per heavy atom. The molecule has 0 fully saturated rings. The van der Waals surface area contributed by atoms with Gasteiger partial charge in [-0.3, -0.25) is 10.1 Å². The van der Waals surface area contributed by atoms with Crippen LogP contribution in [0.15, 0.2) is 18.2 Å². The van der Waals surface area contributed by atoms with Crippen LogP contribution in [0.25, 0.3) is 0 Å². The number of hydrogen-bond donors (Lipinski definition) is 1. The highest BCUT2D eigenvalue weighted by atomic mass is 127. The largest absolute Gasteiger partial charge is 0.385 e. The van der Waals surface area contributed by atoms with E-state index in [9.17, 15) is 10.1 Å². The van der Waals surface area contributed by atoms with E-state index in [4.69, 9.17) is 5.11 Å². The minimum Gasteiger partial charge on any atom is -0.385 e. The fourth-order valence-electron chi connectivity index (χ4n) is 0.744. The molecule has 0 aliphatic heterocycles. The van der Waals surface area contributed by atoms with Gasteiger partial charge in [0.1, 0.15) is 6.61 Å². The maximum Gasteiger partial charge on any atom is 0.269 e. The van der Waals surface area contributed by atoms with Crippen molar-refractivity contribution in [2.75, 3.05) is 0 Å². The molecule has 5 heteroatoms. The Bertz CT molecular complexity index is 314. The Morgan fingerprint density at radius 2 is 2.25 bits per heavy atom. The molecule has 4 nitrogen and oxygen atoms in total. The van der Waals surface area contributed by atoms with Crippen molar-refractivity contribution in [1.82, 2.24) is 0 Å². The third-order valence-electron chi connectivity index (χ3n) is 1.33. The molecule has 0 unspecified atom stereocenters. The quantitative estimate of drug-likeness (QED) is 0.511. The first kappa shape index (κ1) is 9.40. The van der Waals surface area contributed by atoms with Gasteiger partial charge in [0.05, 0.1) is 4.92 Å². The first-order chi connectivity index (χ1) is 5.65. The van der Waals surface area contributed by atoms with Crippen molar-refractivity contribution in [2.45, 2.75) is 0 Å². The third-order valence-corrected chi connectivity index (χ3v) is 2.31. The zero-order chi connectivity index (χ0) is 9.14. The van der Waals surface area contributed by atoms with Crippen molar-refractivity contribution in [3.63, 3.8) is 0 Å². The average molecular weight is 278 g/mol. The topological polar surface area (TPSA) is 63.4 Å². The summed E-state index contributed by atoms with van der Waals surface area (Å²) in [5, 5.41) is 19.0. The number of nitro groups is 1. The molecule has 1 aromatic rings. The van der Waals surface area contributed by atoms with E-state index in [1.54, 1.807) is 6.07 Å². The van der Waals surface area contributed by atoms with Gasteiger partial charge in [0.15, 0.2) is 0 Å². The van der Waals surface area contributed by atoms with Gasteiger partial charge in [0.2, 0.25) is 0 Å². The lowest BCUT2D eigenvalue weighted by Crippen LogP contribution is -1.91. The van der Waals surface area contributed by atoms with Gasteiger partial charge in [-0.05, 0) is 28.7 Å². The van der Waals surface area contributed by atoms with Crippen LogP contribution in [0.4, 0.5) is 5.69 Å². The molecule has 1 radical (unpaired) electrons. The summed E-state index contributed by atoms with van der Waals surface area (Å²) in [6, 6.07) is 4.30. The number of nitrogens with zero attached hydrogens (tertiary/aromatic N) is 1. The standard InChI is InChI=1S/C7H5INO3/c8-7-2-1-6(9(11)12)3-5(7)4-10/h1-4,10H. The second kappa shape index (κ2) is 3.81. The molecule has 0 aliphatic rings. The Kier molecular flexibility index (Phi) is 2.99. The molecule has 0 heterocycles. The highest BCUT2D eigenvalue weighted by Gasteiger charge is 2.08. The van der Waals surface area contributed by atoms with Crippen molar-refractivity contribution in [3.8, 4) is 0 Å². The van der Waals surface area contributed by atoms with Crippen molar-refractivity contribution in [2.24, 2.45) is 0 Å². The zero-order valence-electron chi connectivity index (χ0n) is 5.90. The molecule has 0 saturated carbocycles. The Morgan fingerprint density at radius 1 is 1.58 bits per heavy atom. The molecule has 12 heavy (non-hydrogen) atoms. The Labute approximate surface area is 82.5 Å². The van der Waals surface area contributed by atoms with Crippen LogP contribution < -0.4 is 0 Å². The minimum absolute atomic E-state index is 0.0179. The van der Waals surface area contributed by atoms with E-state index in [1.165, 1.54) is 12.1 Å². The maximum atomic E-state index is 10.3. The van der Waals surface area contributed by atoms with E-state index in [-0.39, 0.29) is 5.69 Å². The van der Waals surface area contributed by atoms with Crippen LogP contribution in [0.3, 0.4) is 0 Å². The van der Waals surface area contributed by atoms with Gasteiger partial charge in [-0.2, -0.15) is 0 Å². The van der Waals surface area contributed by atoms with Crippen LogP contribution in [0.2, 0.25) is 0 Å². The summed E-state index contributed by atoms with van der Waals surface area (Å²) in [6.07, 6.45) is 0. The Balaban J connectivity index is 3.13. The predicted molar refractivity (Wildman–Crippen MR) is 51.2 cm³/mol. The molecular formula is C7H5INO3. The molecule has 1 aromatic carbocycles. The smallest absolute Gasteiger partial charge is 0.269 e. The van der Waals surface area contributed by atoms with Gasteiger partial charge in [-0.15, -0.1) is 0 Å². The van der Waals surface area contributed by atoms with E-state index in [2.05, 4.69) is 0 Å². The van der Waals surface area contributed by atoms with Crippen molar-refractivity contribution in [3.05, 3.63) is 44.1 Å². The van der Waals surface area contributed by atoms with Crippen LogP contribution >= 0.6 is 22.6 Å². The lowest BCUT2D eigenvalue weighted by Gasteiger charge is -1.98. The van der Waals surface area contributed by atoms with E-state index in [1.807, 2.05) is 22.6 Å². The number of aliphatic hydroxyl groups excluding tert-OH is 1. The third kappa shape index (κ3) is 1.92. The van der Waals surface area contributed by atoms with Gasteiger partial charge >= 0.3 is 0 Å². The highest BCUT2D eigenvalue weighted by molar-refractivity contribution is 14.1. The van der Waals surface area contributed by atoms with Gasteiger partial charge in [0.25, 0.3) is 5.69 Å². The Hall–Kier alpha value is -0.690. The first-order valence-electron chi connectivity index (χ1n) is 3.06. The number of rotatable bonds is 2. The predicted octanol–water partition coefficient (Wildman–Crippen LogP) is 2.08. The number of halogens is 1. The van der Waals surface area contributed by atoms with Gasteiger partial charge in [-0.1, -0.05) is 0 Å². The van der Waals surface area contributed by atoms with Crippen molar-refractivity contribution < 1.29 is 10.0 Å². The molecule has 0 amide bonds. The summed E-state index contributed by atoms with van der Waals surface area (Å²) in [4.78, 5) is 9.79. The van der Waals surface area contributed by atoms with Gasteiger partial charge < -0.3 is 5.11 Å². The first-order valence-corrected chi connectivity index (χ1v) is 4.14. The molecule has 1 N–H and O–H groups in total. The lowest BCUT2D eigenvalue weighted by atomic mass is 10.2. The molecule has 0 bridgehead atoms. The van der Waals surface area contributed by atoms with E-state index in [0.29, 0.717) is 5.56 Å². The molecule has 63 valence electrons. The number of aliphatic hydroxyl groups is 1. The lowest BCUT2D eigenvalue weighted by molar-refractivity contribution is -0.384. The number of benzene rings is 1. The zero-order valence-corrected chi connectivity index (χ0v) is 8.06. The van der Waals surface area contributed by atoms with E-state index < -0.39 is 4.92 Å². The summed E-state index contributed by atoms with van der Waals surface area (Å²) < 4.78 is 0.778. The van der Waals surface area contributed by atoms with Crippen LogP contribution in [-0.4, -0.2) is 10.0 Å². The van der Waals surface area contributed by atoms with Crippen LogP contribution in [-0.2, 0) is 0 Å². The second-order valence-electron chi connectivity index (χ2n) is 2.09. The molecule has 0 atom stereocenters. The van der Waals surface area contributed by atoms with E-state index in [0.717, 1.165) is 10.2 Å². The molecule has 0 aromatic heterocycles. The number of nitro benzene ring substituents is 1. The fraction of sp³-hybridized carbons (Fsp3) is 0. The minimum atomic E-state index is -0.497. The summed E-state index contributed by atoms with van der Waals surface area (Å²) in [6.45, 7) is 0.856. The van der Waals surface area contributed by atoms with Gasteiger partial charge in [0, 0.05) is 21.3 Å². The number of non-ortho nitro benzene ring substituents is 1. The molecule has 0 saturated heterocycles. The SMILES string of the molecule is O=[N+]([O-])c1ccc(I)c([CH]O)c1. The van der Waals surface area contributed by atoms with Crippen LogP contribution in [0.1, 0.15) is 5.56 Å². The maximum absolute atomic E-state index is 10.3. The molecule has 1 rings (SSSR count). The van der Waals surface area contributed by atoms with Crippen LogP contribution in [0, 0.1) is 20.3 Å². The summed E-state index contributed by atoms with van der Waals surface area (Å²) in [7, 11) is 0. The molecule has 0 spiro atoms. The monoisotopic (exact) mass is 278 g/mol. The normalized spacial score (nSPS) is 9.83. The van der Waals surface area contributed by atoms with Crippen molar-refractivity contribution >= 4 is 28.3 Å². The highest BCUT2D eigenvalue weighted by Crippen LogP contribution is 2.19. The summed E-state index contributed by atoms with van der Waals surface area (Å²) in [5.41, 5.74) is 0.445. The van der Waals surface area contributed by atoms with Crippen molar-refractivity contribution in [1.29, 1.82) is 0 Å². The van der Waals surface area contributed by atoms with E-state index >= 15 is 0 Å². The molecular weight excluding hydrogens is 273 g/mol. The number of hydrogen-bond acceptors (Lipinski definition) is 3. The summed E-state index contributed by atoms with van der Waals surface area (Å²) in [5.74, 6) is 0. The molecule has 0 aliphatic carbocycles. The summed E-state index contributed by atoms with van der Waals surface area (Å²) >= 11 is 1.99. The average Bonchev–Trinajstić information content (AvgIpc) is 2.05. The van der Waals surface area contributed by atoms with Crippen LogP contribution in [0.5, 0.6) is 0 Å². The van der Waals surface area contributed by atoms with Gasteiger partial charge in [-0.25, -0.2) is 0 Å².